The first kappa shape index (κ1) is 18.9. The molecular formula is C21H16F3N4O. The van der Waals surface area contributed by atoms with Gasteiger partial charge >= 0.3 is 6.18 Å². The number of nitrogens with zero attached hydrogens (tertiary/aromatic N) is 3. The Bertz CT molecular complexity index is 1150. The summed E-state index contributed by atoms with van der Waals surface area (Å²) in [7, 11) is 1.56. The van der Waals surface area contributed by atoms with Crippen LogP contribution in [0.1, 0.15) is 27.8 Å². The zero-order valence-electron chi connectivity index (χ0n) is 15.4. The number of aromatic nitrogens is 4. The molecule has 0 aliphatic rings. The Morgan fingerprint density at radius 3 is 2.76 bits per heavy atom. The van der Waals surface area contributed by atoms with Crippen molar-refractivity contribution in [3.63, 3.8) is 0 Å². The fraction of sp³-hybridized carbons (Fsp3) is 0.190. The molecule has 147 valence electrons. The lowest BCUT2D eigenvalue weighted by atomic mass is 10.0. The Balaban J connectivity index is 1.61. The van der Waals surface area contributed by atoms with E-state index in [-0.39, 0.29) is 0 Å². The summed E-state index contributed by atoms with van der Waals surface area (Å²) in [4.78, 5) is 15.2. The summed E-state index contributed by atoms with van der Waals surface area (Å²) in [5.74, 6) is 0.536. The van der Waals surface area contributed by atoms with Crippen molar-refractivity contribution in [3.8, 4) is 5.88 Å². The van der Waals surface area contributed by atoms with Gasteiger partial charge in [0.2, 0.25) is 5.88 Å². The maximum absolute atomic E-state index is 13.0. The second-order valence-electron chi connectivity index (χ2n) is 6.57. The highest BCUT2D eigenvalue weighted by Crippen LogP contribution is 2.31. The van der Waals surface area contributed by atoms with Crippen LogP contribution in [0.15, 0.2) is 49.1 Å². The van der Waals surface area contributed by atoms with Gasteiger partial charge in [-0.3, -0.25) is 4.98 Å². The van der Waals surface area contributed by atoms with E-state index in [1.54, 1.807) is 25.7 Å². The zero-order chi connectivity index (χ0) is 20.4. The predicted octanol–water partition coefficient (Wildman–Crippen LogP) is 4.36. The second-order valence-corrected chi connectivity index (χ2v) is 6.57. The number of ether oxygens (including phenoxy) is 1. The van der Waals surface area contributed by atoms with Crippen molar-refractivity contribution in [2.45, 2.75) is 19.0 Å². The first-order chi connectivity index (χ1) is 13.9. The van der Waals surface area contributed by atoms with Crippen molar-refractivity contribution < 1.29 is 17.9 Å². The molecule has 1 radical (unpaired) electrons. The van der Waals surface area contributed by atoms with Crippen LogP contribution in [0, 0.1) is 6.20 Å². The van der Waals surface area contributed by atoms with Gasteiger partial charge in [0.05, 0.1) is 18.9 Å². The minimum Gasteiger partial charge on any atom is -0.481 e. The van der Waals surface area contributed by atoms with Gasteiger partial charge < -0.3 is 9.72 Å². The van der Waals surface area contributed by atoms with Crippen molar-refractivity contribution >= 4 is 11.0 Å². The van der Waals surface area contributed by atoms with E-state index in [4.69, 9.17) is 4.74 Å². The van der Waals surface area contributed by atoms with Crippen molar-refractivity contribution in [2.24, 2.45) is 0 Å². The summed E-state index contributed by atoms with van der Waals surface area (Å²) >= 11 is 0. The number of hydrogen-bond donors (Lipinski definition) is 1. The molecule has 0 saturated heterocycles. The zero-order valence-corrected chi connectivity index (χ0v) is 15.4. The number of halogens is 3. The summed E-state index contributed by atoms with van der Waals surface area (Å²) in [5, 5.41) is 0.447. The lowest BCUT2D eigenvalue weighted by Crippen LogP contribution is -2.05. The van der Waals surface area contributed by atoms with Crippen LogP contribution in [0.25, 0.3) is 11.0 Å². The summed E-state index contributed by atoms with van der Waals surface area (Å²) in [6.07, 6.45) is 5.29. The third kappa shape index (κ3) is 4.06. The number of fused-ring (bicyclic) bond motifs is 1. The van der Waals surface area contributed by atoms with Gasteiger partial charge in [0.15, 0.2) is 0 Å². The van der Waals surface area contributed by atoms with Gasteiger partial charge in [-0.2, -0.15) is 13.2 Å². The number of nitrogens with one attached hydrogen (secondary N) is 1. The Hall–Kier alpha value is -3.42. The number of rotatable bonds is 5. The molecule has 0 amide bonds. The van der Waals surface area contributed by atoms with Crippen LogP contribution >= 0.6 is 0 Å². The molecule has 0 unspecified atom stereocenters. The van der Waals surface area contributed by atoms with Crippen LogP contribution in [-0.2, 0) is 19.0 Å². The highest BCUT2D eigenvalue weighted by atomic mass is 19.4. The highest BCUT2D eigenvalue weighted by molar-refractivity contribution is 5.80. The Kier molecular flexibility index (Phi) is 4.92. The van der Waals surface area contributed by atoms with Crippen LogP contribution in [0.2, 0.25) is 0 Å². The molecule has 29 heavy (non-hydrogen) atoms. The lowest BCUT2D eigenvalue weighted by molar-refractivity contribution is -0.137. The molecule has 0 saturated carbocycles. The smallest absolute Gasteiger partial charge is 0.417 e. The molecule has 5 nitrogen and oxygen atoms in total. The molecule has 1 N–H and O–H groups in total. The van der Waals surface area contributed by atoms with Gasteiger partial charge in [0.25, 0.3) is 0 Å². The lowest BCUT2D eigenvalue weighted by Gasteiger charge is -2.08. The molecule has 0 bridgehead atoms. The van der Waals surface area contributed by atoms with Gasteiger partial charge in [0.1, 0.15) is 5.65 Å². The third-order valence-corrected chi connectivity index (χ3v) is 4.56. The Labute approximate surface area is 164 Å². The van der Waals surface area contributed by atoms with E-state index in [0.29, 0.717) is 29.8 Å². The van der Waals surface area contributed by atoms with E-state index in [1.807, 2.05) is 18.2 Å². The van der Waals surface area contributed by atoms with E-state index < -0.39 is 11.7 Å². The van der Waals surface area contributed by atoms with Crippen LogP contribution < -0.4 is 4.74 Å². The summed E-state index contributed by atoms with van der Waals surface area (Å²) < 4.78 is 44.3. The van der Waals surface area contributed by atoms with E-state index in [0.717, 1.165) is 34.5 Å². The Morgan fingerprint density at radius 1 is 1.10 bits per heavy atom. The van der Waals surface area contributed by atoms with E-state index in [9.17, 15) is 13.2 Å². The normalized spacial score (nSPS) is 11.7. The SMILES string of the molecule is COc1ncccc1Cc1[c]ncc(Cc2c[nH]c3ncc(C(F)(F)F)cc23)c1. The molecule has 0 aliphatic carbocycles. The largest absolute Gasteiger partial charge is 0.481 e. The molecule has 0 aromatic carbocycles. The average Bonchev–Trinajstić information content (AvgIpc) is 3.10. The monoisotopic (exact) mass is 397 g/mol. The molecular weight excluding hydrogens is 381 g/mol. The van der Waals surface area contributed by atoms with Crippen molar-refractivity contribution in [2.75, 3.05) is 7.11 Å². The van der Waals surface area contributed by atoms with E-state index in [1.165, 1.54) is 0 Å². The van der Waals surface area contributed by atoms with Gasteiger partial charge in [-0.25, -0.2) is 9.97 Å². The molecule has 0 aliphatic heterocycles. The first-order valence-corrected chi connectivity index (χ1v) is 8.80. The minimum absolute atomic E-state index is 0.418. The van der Waals surface area contributed by atoms with Crippen molar-refractivity contribution in [1.29, 1.82) is 0 Å². The first-order valence-electron chi connectivity index (χ1n) is 8.80. The molecule has 4 aromatic rings. The van der Waals surface area contributed by atoms with Crippen LogP contribution in [-0.4, -0.2) is 27.0 Å². The fourth-order valence-corrected chi connectivity index (χ4v) is 3.21. The van der Waals surface area contributed by atoms with Crippen LogP contribution in [0.5, 0.6) is 5.88 Å². The molecule has 0 atom stereocenters. The van der Waals surface area contributed by atoms with Crippen LogP contribution in [0.3, 0.4) is 0 Å². The van der Waals surface area contributed by atoms with E-state index in [2.05, 4.69) is 26.1 Å². The number of H-pyrrole nitrogens is 1. The Morgan fingerprint density at radius 2 is 1.97 bits per heavy atom. The topological polar surface area (TPSA) is 63.7 Å². The number of methoxy groups -OCH3 is 1. The predicted molar refractivity (Wildman–Crippen MR) is 101 cm³/mol. The number of pyridine rings is 3. The fourth-order valence-electron chi connectivity index (χ4n) is 3.21. The molecule has 0 fully saturated rings. The summed E-state index contributed by atoms with van der Waals surface area (Å²) in [6.45, 7) is 0. The number of alkyl halides is 3. The quantitative estimate of drug-likeness (QED) is 0.543. The van der Waals surface area contributed by atoms with Crippen molar-refractivity contribution in [3.05, 3.63) is 83.1 Å². The molecule has 0 spiro atoms. The standard InChI is InChI=1S/C21H16F3N4O/c1-29-20-15(3-2-4-26-20)6-13-5-14(10-25-9-13)7-16-11-27-19-18(16)8-17(12-28-19)21(22,23)24/h2-5,8,10-12H,6-7H2,1H3,(H,27,28). The second kappa shape index (κ2) is 7.54. The minimum atomic E-state index is -4.44. The highest BCUT2D eigenvalue weighted by Gasteiger charge is 2.31. The number of aromatic amines is 1. The molecule has 4 rings (SSSR count). The van der Waals surface area contributed by atoms with E-state index >= 15 is 0 Å². The molecule has 4 heterocycles. The molecule has 4 aromatic heterocycles. The summed E-state index contributed by atoms with van der Waals surface area (Å²) in [5.41, 5.74) is 2.97. The van der Waals surface area contributed by atoms with Gasteiger partial charge in [-0.15, -0.1) is 0 Å². The van der Waals surface area contributed by atoms with Gasteiger partial charge in [-0.1, -0.05) is 12.1 Å². The van der Waals surface area contributed by atoms with Crippen molar-refractivity contribution in [1.82, 2.24) is 19.9 Å². The van der Waals surface area contributed by atoms with Gasteiger partial charge in [-0.05, 0) is 28.8 Å². The van der Waals surface area contributed by atoms with Gasteiger partial charge in [0, 0.05) is 48.6 Å². The van der Waals surface area contributed by atoms with Crippen LogP contribution in [0.4, 0.5) is 13.2 Å². The molecule has 8 heteroatoms. The maximum atomic E-state index is 13.0. The maximum Gasteiger partial charge on any atom is 0.417 e. The third-order valence-electron chi connectivity index (χ3n) is 4.56. The summed E-state index contributed by atoms with van der Waals surface area (Å²) in [6, 6.07) is 6.79. The average molecular weight is 397 g/mol. The number of hydrogen-bond acceptors (Lipinski definition) is 4.